The highest BCUT2D eigenvalue weighted by Gasteiger charge is 2.44. The maximum atomic E-state index is 11.7. The van der Waals surface area contributed by atoms with Gasteiger partial charge in [-0.2, -0.15) is 0 Å². The Balaban J connectivity index is 2.33. The molecule has 0 atom stereocenters. The van der Waals surface area contributed by atoms with Crippen LogP contribution < -0.4 is 0 Å². The summed E-state index contributed by atoms with van der Waals surface area (Å²) >= 11 is 3.40. The van der Waals surface area contributed by atoms with Gasteiger partial charge >= 0.3 is 0 Å². The summed E-state index contributed by atoms with van der Waals surface area (Å²) in [5.41, 5.74) is 0.0617. The molecule has 0 aromatic heterocycles. The molecule has 0 unspecified atom stereocenters. The summed E-state index contributed by atoms with van der Waals surface area (Å²) in [6.45, 7) is 0. The van der Waals surface area contributed by atoms with Crippen LogP contribution in [0.5, 0.6) is 0 Å². The lowest BCUT2D eigenvalue weighted by molar-refractivity contribution is -0.116. The zero-order valence-electron chi connectivity index (χ0n) is 7.74. The Hall–Kier alpha value is -1.22. The SMILES string of the molecule is O=C1C=C(Br)C23C=CC(C=C2)C(=O)C=C13. The van der Waals surface area contributed by atoms with Gasteiger partial charge in [0.05, 0.1) is 11.3 Å². The van der Waals surface area contributed by atoms with Crippen LogP contribution in [0.25, 0.3) is 0 Å². The highest BCUT2D eigenvalue weighted by molar-refractivity contribution is 9.11. The van der Waals surface area contributed by atoms with Crippen LogP contribution in [0.1, 0.15) is 0 Å². The van der Waals surface area contributed by atoms with Crippen molar-refractivity contribution in [3.05, 3.63) is 46.5 Å². The van der Waals surface area contributed by atoms with Crippen molar-refractivity contribution in [3.63, 3.8) is 0 Å². The Bertz CT molecular complexity index is 492. The topological polar surface area (TPSA) is 34.1 Å². The number of hydrogen-bond donors (Lipinski definition) is 0. The summed E-state index contributed by atoms with van der Waals surface area (Å²) in [5, 5.41) is 0. The second-order valence-electron chi connectivity index (χ2n) is 3.93. The molecule has 0 N–H and O–H groups in total. The first kappa shape index (κ1) is 9.04. The molecule has 0 saturated heterocycles. The van der Waals surface area contributed by atoms with E-state index in [4.69, 9.17) is 0 Å². The van der Waals surface area contributed by atoms with Crippen LogP contribution in [0.3, 0.4) is 0 Å². The largest absolute Gasteiger partial charge is 0.294 e. The van der Waals surface area contributed by atoms with Crippen LogP contribution in [-0.4, -0.2) is 11.6 Å². The quantitative estimate of drug-likeness (QED) is 0.627. The average Bonchev–Trinajstić information content (AvgIpc) is 2.41. The smallest absolute Gasteiger partial charge is 0.184 e. The van der Waals surface area contributed by atoms with E-state index in [1.54, 1.807) is 6.08 Å². The van der Waals surface area contributed by atoms with Crippen LogP contribution in [0.4, 0.5) is 0 Å². The van der Waals surface area contributed by atoms with E-state index in [-0.39, 0.29) is 17.5 Å². The number of rotatable bonds is 0. The van der Waals surface area contributed by atoms with Gasteiger partial charge in [0.1, 0.15) is 0 Å². The molecule has 0 amide bonds. The summed E-state index contributed by atoms with van der Waals surface area (Å²) in [4.78, 5) is 23.4. The third-order valence-corrected chi connectivity index (χ3v) is 4.00. The zero-order chi connectivity index (χ0) is 10.6. The van der Waals surface area contributed by atoms with Gasteiger partial charge in [-0.05, 0) is 12.2 Å². The normalized spacial score (nSPS) is 36.5. The Labute approximate surface area is 95.2 Å². The predicted octanol–water partition coefficient (Wildman–Crippen LogP) is 2.09. The van der Waals surface area contributed by atoms with Gasteiger partial charge in [-0.1, -0.05) is 40.2 Å². The monoisotopic (exact) mass is 262 g/mol. The Kier molecular flexibility index (Phi) is 1.61. The van der Waals surface area contributed by atoms with Gasteiger partial charge in [-0.15, -0.1) is 0 Å². The van der Waals surface area contributed by atoms with Crippen LogP contribution in [0, 0.1) is 11.3 Å². The maximum Gasteiger partial charge on any atom is 0.184 e. The minimum Gasteiger partial charge on any atom is -0.294 e. The Morgan fingerprint density at radius 3 is 2.47 bits per heavy atom. The molecule has 4 rings (SSSR count). The molecule has 4 aliphatic carbocycles. The zero-order valence-corrected chi connectivity index (χ0v) is 9.32. The first-order valence-corrected chi connectivity index (χ1v) is 5.49. The molecule has 1 spiro atoms. The van der Waals surface area contributed by atoms with Crippen molar-refractivity contribution in [2.45, 2.75) is 0 Å². The molecule has 0 heterocycles. The number of carbonyl (C=O) groups is 2. The van der Waals surface area contributed by atoms with Gasteiger partial charge in [0.15, 0.2) is 11.6 Å². The summed E-state index contributed by atoms with van der Waals surface area (Å²) in [6, 6.07) is 0. The van der Waals surface area contributed by atoms with Crippen molar-refractivity contribution < 1.29 is 9.59 Å². The number of allylic oxidation sites excluding steroid dienone is 8. The first-order chi connectivity index (χ1) is 7.13. The van der Waals surface area contributed by atoms with E-state index in [1.807, 2.05) is 24.3 Å². The van der Waals surface area contributed by atoms with E-state index >= 15 is 0 Å². The fourth-order valence-corrected chi connectivity index (χ4v) is 2.92. The highest BCUT2D eigenvalue weighted by atomic mass is 79.9. The molecule has 4 aliphatic rings. The van der Waals surface area contributed by atoms with Crippen LogP contribution in [-0.2, 0) is 9.59 Å². The number of hydrogen-bond acceptors (Lipinski definition) is 2. The molecule has 2 bridgehead atoms. The maximum absolute atomic E-state index is 11.7. The Morgan fingerprint density at radius 2 is 1.80 bits per heavy atom. The molecule has 3 heteroatoms. The second-order valence-corrected chi connectivity index (χ2v) is 4.78. The van der Waals surface area contributed by atoms with E-state index < -0.39 is 5.41 Å². The molecular weight excluding hydrogens is 256 g/mol. The van der Waals surface area contributed by atoms with Crippen molar-refractivity contribution in [1.29, 1.82) is 0 Å². The molecule has 2 nitrogen and oxygen atoms in total. The van der Waals surface area contributed by atoms with E-state index in [0.717, 1.165) is 4.48 Å². The minimum absolute atomic E-state index is 0.0131. The van der Waals surface area contributed by atoms with E-state index in [9.17, 15) is 9.59 Å². The van der Waals surface area contributed by atoms with E-state index in [2.05, 4.69) is 15.9 Å². The Morgan fingerprint density at radius 1 is 1.13 bits per heavy atom. The molecule has 0 aliphatic heterocycles. The van der Waals surface area contributed by atoms with E-state index in [1.165, 1.54) is 6.08 Å². The fourth-order valence-electron chi connectivity index (χ4n) is 2.23. The lowest BCUT2D eigenvalue weighted by Crippen LogP contribution is -2.18. The summed E-state index contributed by atoms with van der Waals surface area (Å²) in [7, 11) is 0. The third kappa shape index (κ3) is 0.988. The van der Waals surface area contributed by atoms with Gasteiger partial charge in [0.2, 0.25) is 0 Å². The molecule has 0 aromatic carbocycles. The predicted molar refractivity (Wildman–Crippen MR) is 59.3 cm³/mol. The molecule has 0 fully saturated rings. The standard InChI is InChI=1S/C12H7BrO2/c13-11-6-10(15)8-5-9(14)7-1-3-12(8,11)4-2-7/h1-7H. The number of ketones is 2. The molecule has 15 heavy (non-hydrogen) atoms. The van der Waals surface area contributed by atoms with Gasteiger partial charge in [0.25, 0.3) is 0 Å². The minimum atomic E-state index is -0.500. The molecular formula is C12H7BrO2. The first-order valence-electron chi connectivity index (χ1n) is 4.70. The number of halogens is 1. The van der Waals surface area contributed by atoms with Crippen LogP contribution in [0.15, 0.2) is 46.5 Å². The summed E-state index contributed by atoms with van der Waals surface area (Å²) in [6.07, 6.45) is 10.6. The van der Waals surface area contributed by atoms with Gasteiger partial charge in [-0.25, -0.2) is 0 Å². The molecule has 0 saturated carbocycles. The van der Waals surface area contributed by atoms with Gasteiger partial charge in [-0.3, -0.25) is 9.59 Å². The van der Waals surface area contributed by atoms with E-state index in [0.29, 0.717) is 5.57 Å². The van der Waals surface area contributed by atoms with Gasteiger partial charge in [0, 0.05) is 10.1 Å². The highest BCUT2D eigenvalue weighted by Crippen LogP contribution is 2.50. The third-order valence-electron chi connectivity index (χ3n) is 3.11. The molecule has 0 aromatic rings. The number of carbonyl (C=O) groups excluding carboxylic acids is 2. The number of fused-ring (bicyclic) bond motifs is 1. The lowest BCUT2D eigenvalue weighted by atomic mass is 9.80. The van der Waals surface area contributed by atoms with Crippen LogP contribution >= 0.6 is 15.9 Å². The average molecular weight is 263 g/mol. The van der Waals surface area contributed by atoms with Crippen molar-refractivity contribution in [2.75, 3.05) is 0 Å². The van der Waals surface area contributed by atoms with Crippen molar-refractivity contribution in [2.24, 2.45) is 11.3 Å². The van der Waals surface area contributed by atoms with Gasteiger partial charge < -0.3 is 0 Å². The second kappa shape index (κ2) is 2.67. The van der Waals surface area contributed by atoms with Crippen LogP contribution in [0.2, 0.25) is 0 Å². The van der Waals surface area contributed by atoms with Crippen molar-refractivity contribution >= 4 is 27.5 Å². The molecule has 74 valence electrons. The lowest BCUT2D eigenvalue weighted by Gasteiger charge is -2.24. The van der Waals surface area contributed by atoms with Crippen molar-refractivity contribution in [3.8, 4) is 0 Å². The molecule has 0 radical (unpaired) electrons. The summed E-state index contributed by atoms with van der Waals surface area (Å²) < 4.78 is 0.812. The summed E-state index contributed by atoms with van der Waals surface area (Å²) in [5.74, 6) is -0.283. The fraction of sp³-hybridized carbons (Fsp3) is 0.167. The van der Waals surface area contributed by atoms with Crippen molar-refractivity contribution in [1.82, 2.24) is 0 Å².